The molecule has 2 nitrogen and oxygen atoms in total. The Balaban J connectivity index is 1.32. The van der Waals surface area contributed by atoms with Crippen molar-refractivity contribution in [2.75, 3.05) is 9.80 Å². The van der Waals surface area contributed by atoms with Gasteiger partial charge in [-0.15, -0.1) is 8.07 Å². The van der Waals surface area contributed by atoms with Gasteiger partial charge in [0.2, 0.25) is 0 Å². The fraction of sp³-hybridized carbons (Fsp3) is 0.257. The maximum Gasteiger partial charge on any atom is 0.0775 e. The monoisotopic (exact) mass is 1060 g/mol. The highest BCUT2D eigenvalue weighted by molar-refractivity contribution is 6.90. The summed E-state index contributed by atoms with van der Waals surface area (Å²) in [6.45, 7) is 40.9. The number of benzene rings is 10. The lowest BCUT2D eigenvalue weighted by Crippen LogP contribution is -2.37. The number of aryl methyl sites for hydroxylation is 2. The number of nitrogens with zero attached hydrogens (tertiary/aromatic N) is 2. The van der Waals surface area contributed by atoms with Crippen LogP contribution in [0.15, 0.2) is 176 Å². The van der Waals surface area contributed by atoms with Crippen LogP contribution in [-0.2, 0) is 5.41 Å². The summed E-state index contributed by atoms with van der Waals surface area (Å²) in [6.07, 6.45) is 0. The maximum atomic E-state index is 2.59. The molecule has 0 N–H and O–H groups in total. The molecule has 10 aromatic carbocycles. The van der Waals surface area contributed by atoms with Crippen LogP contribution in [0.3, 0.4) is 0 Å². The van der Waals surface area contributed by atoms with Crippen molar-refractivity contribution in [3.05, 3.63) is 193 Å². The minimum absolute atomic E-state index is 0.00633. The van der Waals surface area contributed by atoms with Crippen LogP contribution in [0.25, 0.3) is 54.6 Å². The summed E-state index contributed by atoms with van der Waals surface area (Å²) in [5, 5.41) is 13.5. The summed E-state index contributed by atoms with van der Waals surface area (Å²) >= 11 is 0. The smallest absolute Gasteiger partial charge is 0.0775 e. The third-order valence-corrected chi connectivity index (χ3v) is 24.3. The van der Waals surface area contributed by atoms with E-state index in [1.54, 1.807) is 0 Å². The number of hydrogen-bond acceptors (Lipinski definition) is 2. The van der Waals surface area contributed by atoms with Gasteiger partial charge in [0.1, 0.15) is 0 Å². The van der Waals surface area contributed by atoms with Crippen LogP contribution in [0.1, 0.15) is 37.5 Å². The Labute approximate surface area is 459 Å². The molecule has 0 unspecified atom stereocenters. The molecular weight excluding hydrogens is 981 g/mol. The Hall–Kier alpha value is -6.29. The number of anilines is 6. The van der Waals surface area contributed by atoms with Crippen LogP contribution in [0.4, 0.5) is 34.1 Å². The zero-order valence-corrected chi connectivity index (χ0v) is 52.6. The zero-order valence-electron chi connectivity index (χ0n) is 48.6. The van der Waals surface area contributed by atoms with Crippen molar-refractivity contribution in [3.63, 3.8) is 0 Å². The molecule has 10 aromatic rings. The standard InChI is InChI=1S/C70H80N2Si4/c1-47-18-20-51(49-22-32-58(33-23-49)73(6,7)8)44-64(47)71(56-28-36-60(37-29-56)75(12,13)14)66-46-67(63-41-27-54-43-55(70(3,4)5)42-53-26-40-62(66)69(63)68(53)54)72(57-30-38-61(39-31-57)76(15,16)17)65-45-52(21-19-48(65)2)50-24-34-59(35-25-50)74(9,10)11/h18-46H,1-17H3/q-1. The molecule has 0 amide bonds. The average molecular weight is 1060 g/mol. The molecular formula is C70H80N2Si4-. The molecule has 0 aliphatic carbocycles. The second-order valence-corrected chi connectivity index (χ2v) is 47.3. The number of hydrogen-bond donors (Lipinski definition) is 0. The van der Waals surface area contributed by atoms with Crippen molar-refractivity contribution in [2.24, 2.45) is 0 Å². The zero-order chi connectivity index (χ0) is 54.4. The molecule has 6 heteroatoms. The van der Waals surface area contributed by atoms with Gasteiger partial charge in [-0.1, -0.05) is 229 Å². The maximum absolute atomic E-state index is 2.59. The summed E-state index contributed by atoms with van der Waals surface area (Å²) in [4.78, 5) is 5.18. The van der Waals surface area contributed by atoms with E-state index in [4.69, 9.17) is 0 Å². The van der Waals surface area contributed by atoms with Gasteiger partial charge in [0.25, 0.3) is 0 Å². The van der Waals surface area contributed by atoms with Crippen LogP contribution >= 0.6 is 0 Å². The fourth-order valence-corrected chi connectivity index (χ4v) is 15.8. The van der Waals surface area contributed by atoms with E-state index in [1.807, 2.05) is 0 Å². The predicted octanol–water partition coefficient (Wildman–Crippen LogP) is 19.0. The van der Waals surface area contributed by atoms with E-state index in [1.165, 1.54) is 103 Å². The van der Waals surface area contributed by atoms with Gasteiger partial charge >= 0.3 is 0 Å². The van der Waals surface area contributed by atoms with E-state index in [0.29, 0.717) is 0 Å². The summed E-state index contributed by atoms with van der Waals surface area (Å²) in [5.41, 5.74) is 15.7. The minimum atomic E-state index is -1.62. The Morgan fingerprint density at radius 2 is 0.711 bits per heavy atom. The fourth-order valence-electron chi connectivity index (χ4n) is 11.1. The molecule has 0 saturated heterocycles. The van der Waals surface area contributed by atoms with Crippen LogP contribution in [-0.4, -0.2) is 32.3 Å². The van der Waals surface area contributed by atoms with Crippen LogP contribution in [0, 0.1) is 13.8 Å². The quantitative estimate of drug-likeness (QED) is 0.0889. The molecule has 0 spiro atoms. The summed E-state index contributed by atoms with van der Waals surface area (Å²) in [5.74, 6) is 0. The molecule has 0 aliphatic rings. The first-order valence-corrected chi connectivity index (χ1v) is 41.7. The first-order chi connectivity index (χ1) is 35.6. The van der Waals surface area contributed by atoms with E-state index in [2.05, 4.69) is 299 Å². The highest BCUT2D eigenvalue weighted by Crippen LogP contribution is 2.52. The third-order valence-electron chi connectivity index (χ3n) is 16.1. The van der Waals surface area contributed by atoms with E-state index < -0.39 is 32.3 Å². The van der Waals surface area contributed by atoms with Crippen molar-refractivity contribution in [2.45, 2.75) is 119 Å². The molecule has 387 valence electrons. The minimum Gasteiger partial charge on any atom is -0.310 e. The molecule has 76 heavy (non-hydrogen) atoms. The van der Waals surface area contributed by atoms with Gasteiger partial charge in [-0.3, -0.25) is 0 Å². The Morgan fingerprint density at radius 1 is 0.355 bits per heavy atom. The predicted molar refractivity (Wildman–Crippen MR) is 350 cm³/mol. The van der Waals surface area contributed by atoms with Gasteiger partial charge in [-0.05, 0) is 117 Å². The lowest BCUT2D eigenvalue weighted by atomic mass is 9.83. The SMILES string of the molecule is Cc1ccc(-c2ccc([Si](C)(C)C)cc2)cc1N(c1ccc([Si](C)(C)C)cc1)c1cc(N(c2ccc([Si-](C)(C)C)cc2)c2cc(-c3ccc([Si](C)(C)C)cc3)ccc2C)c2ccc3cc(C(C)(C)C)cc4ccc1c2c43. The van der Waals surface area contributed by atoms with E-state index in [0.717, 1.165) is 22.7 Å². The topological polar surface area (TPSA) is 6.48 Å². The highest BCUT2D eigenvalue weighted by atomic mass is 28.3. The molecule has 0 radical (unpaired) electrons. The molecule has 0 atom stereocenters. The van der Waals surface area contributed by atoms with Gasteiger partial charge < -0.3 is 9.80 Å². The van der Waals surface area contributed by atoms with Gasteiger partial charge in [0.15, 0.2) is 0 Å². The lowest BCUT2D eigenvalue weighted by molar-refractivity contribution is 0.591. The highest BCUT2D eigenvalue weighted by Gasteiger charge is 2.28. The van der Waals surface area contributed by atoms with Crippen molar-refractivity contribution in [1.29, 1.82) is 0 Å². The van der Waals surface area contributed by atoms with Gasteiger partial charge in [0, 0.05) is 38.9 Å². The van der Waals surface area contributed by atoms with Crippen LogP contribution in [0.2, 0.25) is 78.6 Å². The van der Waals surface area contributed by atoms with Crippen molar-refractivity contribution >= 4 is 119 Å². The van der Waals surface area contributed by atoms with Gasteiger partial charge in [-0.2, -0.15) is 24.8 Å². The largest absolute Gasteiger partial charge is 0.310 e. The van der Waals surface area contributed by atoms with Crippen LogP contribution < -0.4 is 30.5 Å². The average Bonchev–Trinajstić information content (AvgIpc) is 3.52. The molecule has 10 rings (SSSR count). The van der Waals surface area contributed by atoms with E-state index >= 15 is 0 Å². The molecule has 0 heterocycles. The molecule has 0 aromatic heterocycles. The lowest BCUT2D eigenvalue weighted by Gasteiger charge is -2.35. The van der Waals surface area contributed by atoms with Crippen molar-refractivity contribution < 1.29 is 0 Å². The van der Waals surface area contributed by atoms with Crippen molar-refractivity contribution in [3.8, 4) is 22.3 Å². The Morgan fingerprint density at radius 3 is 1.07 bits per heavy atom. The molecule has 0 bridgehead atoms. The first kappa shape index (κ1) is 53.1. The molecule has 0 fully saturated rings. The third kappa shape index (κ3) is 10.2. The normalized spacial score (nSPS) is 12.8. The summed E-state index contributed by atoms with van der Waals surface area (Å²) in [7, 11) is -6.20. The first-order valence-electron chi connectivity index (χ1n) is 27.7. The Bertz CT molecular complexity index is 3530. The second-order valence-electron chi connectivity index (χ2n) is 27.0. The summed E-state index contributed by atoms with van der Waals surface area (Å²) < 4.78 is 0. The van der Waals surface area contributed by atoms with E-state index in [9.17, 15) is 0 Å². The molecule has 0 saturated carbocycles. The van der Waals surface area contributed by atoms with Gasteiger partial charge in [-0.25, -0.2) is 0 Å². The summed E-state index contributed by atoms with van der Waals surface area (Å²) in [6, 6.07) is 69.4. The van der Waals surface area contributed by atoms with Gasteiger partial charge in [0.05, 0.1) is 35.6 Å². The second kappa shape index (κ2) is 19.3. The van der Waals surface area contributed by atoms with E-state index in [-0.39, 0.29) is 5.41 Å². The Kier molecular flexibility index (Phi) is 13.5. The van der Waals surface area contributed by atoms with Crippen molar-refractivity contribution in [1.82, 2.24) is 0 Å². The molecule has 0 aliphatic heterocycles. The van der Waals surface area contributed by atoms with Crippen LogP contribution in [0.5, 0.6) is 0 Å². The number of rotatable bonds is 12.